The summed E-state index contributed by atoms with van der Waals surface area (Å²) in [6.45, 7) is 1.08. The predicted octanol–water partition coefficient (Wildman–Crippen LogP) is 0.0904. The fourth-order valence-corrected chi connectivity index (χ4v) is 0.754. The highest BCUT2D eigenvalue weighted by atomic mass is 16.4. The molecule has 1 aromatic rings. The summed E-state index contributed by atoms with van der Waals surface area (Å²) < 4.78 is 0. The summed E-state index contributed by atoms with van der Waals surface area (Å²) in [6.07, 6.45) is 1.37. The number of aliphatic carboxylic acids is 1. The monoisotopic (exact) mass is 238 g/mol. The summed E-state index contributed by atoms with van der Waals surface area (Å²) in [5, 5.41) is 23.6. The van der Waals surface area contributed by atoms with Crippen molar-refractivity contribution in [2.24, 2.45) is 21.7 Å². The molecule has 0 bridgehead atoms. The minimum absolute atomic E-state index is 0.119. The van der Waals surface area contributed by atoms with E-state index in [2.05, 4.69) is 10.2 Å². The first-order chi connectivity index (χ1) is 7.93. The minimum atomic E-state index is -0.833. The number of para-hydroxylation sites is 1. The summed E-state index contributed by atoms with van der Waals surface area (Å²) in [4.78, 5) is 9.00. The predicted molar refractivity (Wildman–Crippen MR) is 64.8 cm³/mol. The fourth-order valence-electron chi connectivity index (χ4n) is 0.754. The van der Waals surface area contributed by atoms with E-state index in [9.17, 15) is 5.11 Å². The number of hydrogen-bond acceptors (Lipinski definition) is 4. The van der Waals surface area contributed by atoms with Gasteiger partial charge in [-0.2, -0.15) is 5.10 Å². The topological polar surface area (TPSA) is 134 Å². The van der Waals surface area contributed by atoms with Gasteiger partial charge in [0.2, 0.25) is 5.96 Å². The molecule has 0 atom stereocenters. The summed E-state index contributed by atoms with van der Waals surface area (Å²) in [6, 6.07) is 6.74. The highest BCUT2D eigenvalue weighted by Crippen LogP contribution is 2.12. The zero-order chi connectivity index (χ0) is 13.3. The number of rotatable bonds is 2. The second-order valence-electron chi connectivity index (χ2n) is 2.85. The van der Waals surface area contributed by atoms with Crippen LogP contribution in [0.3, 0.4) is 0 Å². The lowest BCUT2D eigenvalue weighted by atomic mass is 10.2. The fraction of sp³-hybridized carbons (Fsp3) is 0.100. The van der Waals surface area contributed by atoms with E-state index in [1.807, 2.05) is 0 Å². The number of guanidine groups is 1. The average Bonchev–Trinajstić information content (AvgIpc) is 2.19. The number of benzene rings is 1. The number of phenols is 1. The van der Waals surface area contributed by atoms with E-state index in [1.54, 1.807) is 24.3 Å². The van der Waals surface area contributed by atoms with Gasteiger partial charge >= 0.3 is 0 Å². The maximum absolute atomic E-state index is 9.27. The number of carbonyl (C=O) groups is 1. The van der Waals surface area contributed by atoms with E-state index < -0.39 is 5.97 Å². The standard InChI is InChI=1S/C8H10N4O.C2H4O2/c9-8(10)12-11-5-6-3-1-2-4-7(6)13;1-2(3)4/h1-5,13H,(H4,9,10,12);1H3,(H,3,4). The third-order valence-corrected chi connectivity index (χ3v) is 1.31. The van der Waals surface area contributed by atoms with Crippen molar-refractivity contribution in [2.45, 2.75) is 6.92 Å². The lowest BCUT2D eigenvalue weighted by Crippen LogP contribution is -2.21. The molecule has 0 spiro atoms. The number of nitrogens with zero attached hydrogens (tertiary/aromatic N) is 2. The Hall–Kier alpha value is -2.57. The van der Waals surface area contributed by atoms with Crippen molar-refractivity contribution in [3.63, 3.8) is 0 Å². The maximum atomic E-state index is 9.27. The first-order valence-electron chi connectivity index (χ1n) is 4.53. The van der Waals surface area contributed by atoms with Gasteiger partial charge in [0.15, 0.2) is 0 Å². The molecule has 6 N–H and O–H groups in total. The second-order valence-corrected chi connectivity index (χ2v) is 2.85. The summed E-state index contributed by atoms with van der Waals surface area (Å²) in [7, 11) is 0. The van der Waals surface area contributed by atoms with Gasteiger partial charge in [-0.15, -0.1) is 5.10 Å². The molecule has 0 saturated carbocycles. The molecule has 92 valence electrons. The van der Waals surface area contributed by atoms with Crippen LogP contribution in [-0.2, 0) is 4.79 Å². The summed E-state index contributed by atoms with van der Waals surface area (Å²) in [5.41, 5.74) is 10.7. The maximum Gasteiger partial charge on any atom is 0.300 e. The van der Waals surface area contributed by atoms with Crippen LogP contribution in [0.25, 0.3) is 0 Å². The van der Waals surface area contributed by atoms with Crippen LogP contribution in [0.4, 0.5) is 0 Å². The second kappa shape index (κ2) is 7.69. The first-order valence-corrected chi connectivity index (χ1v) is 4.53. The molecule has 0 heterocycles. The lowest BCUT2D eigenvalue weighted by molar-refractivity contribution is -0.134. The van der Waals surface area contributed by atoms with Gasteiger partial charge in [0.05, 0.1) is 6.21 Å². The van der Waals surface area contributed by atoms with Crippen molar-refractivity contribution in [1.82, 2.24) is 0 Å². The van der Waals surface area contributed by atoms with Gasteiger partial charge in [0.25, 0.3) is 5.97 Å². The Balaban J connectivity index is 0.000000557. The van der Waals surface area contributed by atoms with Gasteiger partial charge in [0.1, 0.15) is 5.75 Å². The number of phenolic OH excluding ortho intramolecular Hbond substituents is 1. The largest absolute Gasteiger partial charge is 0.507 e. The van der Waals surface area contributed by atoms with Crippen molar-refractivity contribution in [2.75, 3.05) is 0 Å². The molecule has 0 aliphatic heterocycles. The molecule has 0 aromatic heterocycles. The Morgan fingerprint density at radius 1 is 1.35 bits per heavy atom. The SMILES string of the molecule is CC(=O)O.NC(N)=NN=Cc1ccccc1O. The molecule has 0 unspecified atom stereocenters. The van der Waals surface area contributed by atoms with Crippen LogP contribution in [0.5, 0.6) is 5.75 Å². The molecular weight excluding hydrogens is 224 g/mol. The minimum Gasteiger partial charge on any atom is -0.507 e. The van der Waals surface area contributed by atoms with Gasteiger partial charge in [-0.05, 0) is 12.1 Å². The normalized spacial score (nSPS) is 9.24. The molecule has 1 aromatic carbocycles. The van der Waals surface area contributed by atoms with Crippen molar-refractivity contribution in [3.8, 4) is 5.75 Å². The highest BCUT2D eigenvalue weighted by Gasteiger charge is 1.93. The van der Waals surface area contributed by atoms with Crippen LogP contribution in [0, 0.1) is 0 Å². The van der Waals surface area contributed by atoms with Gasteiger partial charge in [0, 0.05) is 12.5 Å². The third kappa shape index (κ3) is 8.43. The van der Waals surface area contributed by atoms with Gasteiger partial charge in [-0.3, -0.25) is 4.79 Å². The van der Waals surface area contributed by atoms with E-state index in [-0.39, 0.29) is 11.7 Å². The van der Waals surface area contributed by atoms with Gasteiger partial charge in [-0.1, -0.05) is 12.1 Å². The molecule has 0 saturated heterocycles. The number of nitrogens with two attached hydrogens (primary N) is 2. The molecule has 17 heavy (non-hydrogen) atoms. The van der Waals surface area contributed by atoms with Crippen LogP contribution in [-0.4, -0.2) is 28.4 Å². The van der Waals surface area contributed by atoms with Crippen molar-refractivity contribution >= 4 is 18.1 Å². The molecule has 1 rings (SSSR count). The molecule has 0 aliphatic carbocycles. The van der Waals surface area contributed by atoms with Gasteiger partial charge in [-0.25, -0.2) is 0 Å². The van der Waals surface area contributed by atoms with E-state index in [0.717, 1.165) is 6.92 Å². The van der Waals surface area contributed by atoms with Gasteiger partial charge < -0.3 is 21.7 Å². The molecule has 7 nitrogen and oxygen atoms in total. The molecule has 0 fully saturated rings. The van der Waals surface area contributed by atoms with Crippen LogP contribution < -0.4 is 11.5 Å². The Labute approximate surface area is 98.1 Å². The number of carboxylic acid groups (broad SMARTS) is 1. The molecule has 0 amide bonds. The van der Waals surface area contributed by atoms with Crippen molar-refractivity contribution < 1.29 is 15.0 Å². The molecule has 7 heteroatoms. The smallest absolute Gasteiger partial charge is 0.300 e. The molecule has 0 aliphatic rings. The van der Waals surface area contributed by atoms with Crippen molar-refractivity contribution in [3.05, 3.63) is 29.8 Å². The summed E-state index contributed by atoms with van der Waals surface area (Å²) >= 11 is 0. The Morgan fingerprint density at radius 2 is 1.88 bits per heavy atom. The Bertz CT molecular complexity index is 421. The van der Waals surface area contributed by atoms with Crippen LogP contribution in [0.1, 0.15) is 12.5 Å². The van der Waals surface area contributed by atoms with Crippen LogP contribution >= 0.6 is 0 Å². The van der Waals surface area contributed by atoms with Crippen LogP contribution in [0.2, 0.25) is 0 Å². The number of hydrogen-bond donors (Lipinski definition) is 4. The van der Waals surface area contributed by atoms with E-state index in [4.69, 9.17) is 21.4 Å². The molecular formula is C10H14N4O3. The molecule has 0 radical (unpaired) electrons. The Morgan fingerprint density at radius 3 is 2.35 bits per heavy atom. The zero-order valence-electron chi connectivity index (χ0n) is 9.24. The number of carboxylic acids is 1. The highest BCUT2D eigenvalue weighted by molar-refractivity contribution is 5.84. The first kappa shape index (κ1) is 14.4. The van der Waals surface area contributed by atoms with E-state index in [1.165, 1.54) is 6.21 Å². The number of aromatic hydroxyl groups is 1. The van der Waals surface area contributed by atoms with E-state index in [0.29, 0.717) is 5.56 Å². The third-order valence-electron chi connectivity index (χ3n) is 1.31. The summed E-state index contributed by atoms with van der Waals surface area (Å²) in [5.74, 6) is -0.816. The van der Waals surface area contributed by atoms with E-state index >= 15 is 0 Å². The average molecular weight is 238 g/mol. The zero-order valence-corrected chi connectivity index (χ0v) is 9.24. The lowest BCUT2D eigenvalue weighted by Gasteiger charge is -1.94. The Kier molecular flexibility index (Phi) is 6.52. The van der Waals surface area contributed by atoms with Crippen molar-refractivity contribution in [1.29, 1.82) is 0 Å². The van der Waals surface area contributed by atoms with Crippen LogP contribution in [0.15, 0.2) is 34.5 Å². The quantitative estimate of drug-likeness (QED) is 0.329.